The molecule has 2 saturated carbocycles. The number of halogens is 2. The smallest absolute Gasteiger partial charge is 0.410 e. The number of aliphatic hydroxyl groups is 1. The van der Waals surface area contributed by atoms with Crippen LogP contribution in [0.5, 0.6) is 5.75 Å². The fourth-order valence-corrected chi connectivity index (χ4v) is 6.74. The van der Waals surface area contributed by atoms with Gasteiger partial charge in [0, 0.05) is 24.8 Å². The number of phenols is 1. The lowest BCUT2D eigenvalue weighted by atomic mass is 9.55. The largest absolute Gasteiger partial charge is 0.508 e. The van der Waals surface area contributed by atoms with Crippen LogP contribution >= 0.6 is 23.2 Å². The zero-order valence-electron chi connectivity index (χ0n) is 17.4. The Bertz CT molecular complexity index is 784. The van der Waals surface area contributed by atoms with Gasteiger partial charge in [-0.1, -0.05) is 13.0 Å². The van der Waals surface area contributed by atoms with Gasteiger partial charge < -0.3 is 19.8 Å². The highest BCUT2D eigenvalue weighted by Crippen LogP contribution is 2.62. The standard InChI is InChI=1S/C23H31Cl2NO4/c1-23-7-6-16-15-3-2-14(27)12-18(15)20(13-17(16)19(23)4-5-21(23)28)30-22(29)26(10-8-24)11-9-25/h2-3,12,16-17,19-21,27-28H,4-11,13H2,1H3/t16?,17?,19?,20-,21+,23+/m1/s1. The third kappa shape index (κ3) is 3.78. The fraction of sp³-hybridized carbons (Fsp3) is 0.696. The summed E-state index contributed by atoms with van der Waals surface area (Å²) in [4.78, 5) is 14.4. The van der Waals surface area contributed by atoms with Crippen molar-refractivity contribution < 1.29 is 19.7 Å². The molecule has 1 aromatic carbocycles. The number of aromatic hydroxyl groups is 1. The van der Waals surface area contributed by atoms with Crippen molar-refractivity contribution in [3.8, 4) is 5.75 Å². The molecule has 7 heteroatoms. The van der Waals surface area contributed by atoms with Gasteiger partial charge in [-0.2, -0.15) is 0 Å². The van der Waals surface area contributed by atoms with Gasteiger partial charge in [0.05, 0.1) is 6.10 Å². The minimum atomic E-state index is -0.422. The number of aliphatic hydroxyl groups excluding tert-OH is 1. The second kappa shape index (κ2) is 8.76. The van der Waals surface area contributed by atoms with Gasteiger partial charge in [-0.15, -0.1) is 23.2 Å². The van der Waals surface area contributed by atoms with Crippen LogP contribution in [0.3, 0.4) is 0 Å². The summed E-state index contributed by atoms with van der Waals surface area (Å²) in [7, 11) is 0. The van der Waals surface area contributed by atoms with Crippen LogP contribution in [-0.2, 0) is 4.74 Å². The summed E-state index contributed by atoms with van der Waals surface area (Å²) < 4.78 is 5.99. The zero-order chi connectivity index (χ0) is 21.5. The van der Waals surface area contributed by atoms with E-state index in [0.717, 1.165) is 37.7 Å². The van der Waals surface area contributed by atoms with Gasteiger partial charge in [-0.05, 0) is 78.5 Å². The Labute approximate surface area is 188 Å². The Balaban J connectivity index is 1.64. The van der Waals surface area contributed by atoms with Crippen LogP contribution in [0.4, 0.5) is 4.79 Å². The third-order valence-electron chi connectivity index (χ3n) is 7.90. The van der Waals surface area contributed by atoms with Gasteiger partial charge in [0.2, 0.25) is 0 Å². The second-order valence-corrected chi connectivity index (χ2v) is 10.1. The van der Waals surface area contributed by atoms with E-state index in [0.29, 0.717) is 42.6 Å². The van der Waals surface area contributed by atoms with E-state index in [1.165, 1.54) is 5.56 Å². The minimum Gasteiger partial charge on any atom is -0.508 e. The van der Waals surface area contributed by atoms with E-state index in [1.807, 2.05) is 6.07 Å². The number of carbonyl (C=O) groups excluding carboxylic acids is 1. The summed E-state index contributed by atoms with van der Waals surface area (Å²) in [6.07, 6.45) is 3.49. The fourth-order valence-electron chi connectivity index (χ4n) is 6.33. The molecule has 0 radical (unpaired) electrons. The van der Waals surface area contributed by atoms with Gasteiger partial charge in [-0.25, -0.2) is 4.79 Å². The maximum Gasteiger partial charge on any atom is 0.410 e. The Morgan fingerprint density at radius 1 is 1.20 bits per heavy atom. The van der Waals surface area contributed by atoms with Gasteiger partial charge in [0.1, 0.15) is 11.9 Å². The van der Waals surface area contributed by atoms with E-state index < -0.39 is 12.2 Å². The number of nitrogens with zero attached hydrogens (tertiary/aromatic N) is 1. The van der Waals surface area contributed by atoms with Crippen LogP contribution in [0.25, 0.3) is 0 Å². The van der Waals surface area contributed by atoms with Crippen molar-refractivity contribution in [3.05, 3.63) is 29.3 Å². The molecular formula is C23H31Cl2NO4. The average Bonchev–Trinajstić information content (AvgIpc) is 3.03. The predicted molar refractivity (Wildman–Crippen MR) is 117 cm³/mol. The van der Waals surface area contributed by atoms with Crippen molar-refractivity contribution in [2.45, 2.75) is 57.2 Å². The van der Waals surface area contributed by atoms with Crippen molar-refractivity contribution in [2.24, 2.45) is 17.3 Å². The highest BCUT2D eigenvalue weighted by molar-refractivity contribution is 6.18. The maximum absolute atomic E-state index is 12.9. The number of ether oxygens (including phenoxy) is 1. The molecule has 0 bridgehead atoms. The summed E-state index contributed by atoms with van der Waals surface area (Å²) in [5, 5.41) is 20.8. The summed E-state index contributed by atoms with van der Waals surface area (Å²) in [5.41, 5.74) is 2.02. The maximum atomic E-state index is 12.9. The van der Waals surface area contributed by atoms with Crippen molar-refractivity contribution in [2.75, 3.05) is 24.8 Å². The number of hydrogen-bond acceptors (Lipinski definition) is 4. The molecule has 6 atom stereocenters. The first-order chi connectivity index (χ1) is 14.4. The van der Waals surface area contributed by atoms with E-state index >= 15 is 0 Å². The lowest BCUT2D eigenvalue weighted by Crippen LogP contribution is -2.45. The quantitative estimate of drug-likeness (QED) is 0.611. The molecular weight excluding hydrogens is 425 g/mol. The van der Waals surface area contributed by atoms with Crippen molar-refractivity contribution >= 4 is 29.3 Å². The number of benzene rings is 1. The van der Waals surface area contributed by atoms with E-state index in [-0.39, 0.29) is 17.3 Å². The Morgan fingerprint density at radius 2 is 1.93 bits per heavy atom. The predicted octanol–water partition coefficient (Wildman–Crippen LogP) is 5.02. The van der Waals surface area contributed by atoms with Crippen LogP contribution in [-0.4, -0.2) is 52.2 Å². The first kappa shape index (κ1) is 22.0. The molecule has 0 heterocycles. The van der Waals surface area contributed by atoms with E-state index in [2.05, 4.69) is 6.92 Å². The normalized spacial score (nSPS) is 34.6. The zero-order valence-corrected chi connectivity index (χ0v) is 18.9. The number of fused-ring (bicyclic) bond motifs is 5. The van der Waals surface area contributed by atoms with Crippen LogP contribution in [0.2, 0.25) is 0 Å². The molecule has 166 valence electrons. The van der Waals surface area contributed by atoms with E-state index in [1.54, 1.807) is 17.0 Å². The van der Waals surface area contributed by atoms with Gasteiger partial charge in [0.15, 0.2) is 0 Å². The molecule has 3 aliphatic carbocycles. The average molecular weight is 456 g/mol. The first-order valence-electron chi connectivity index (χ1n) is 11.0. The third-order valence-corrected chi connectivity index (χ3v) is 8.24. The second-order valence-electron chi connectivity index (χ2n) is 9.30. The molecule has 0 aliphatic heterocycles. The summed E-state index contributed by atoms with van der Waals surface area (Å²) in [6, 6.07) is 5.46. The molecule has 1 amide bonds. The molecule has 5 nitrogen and oxygen atoms in total. The number of amides is 1. The van der Waals surface area contributed by atoms with Crippen molar-refractivity contribution in [1.29, 1.82) is 0 Å². The molecule has 0 aromatic heterocycles. The summed E-state index contributed by atoms with van der Waals surface area (Å²) in [5.74, 6) is 1.96. The van der Waals surface area contributed by atoms with Crippen LogP contribution in [0.15, 0.2) is 18.2 Å². The number of hydrogen-bond donors (Lipinski definition) is 2. The lowest BCUT2D eigenvalue weighted by molar-refractivity contribution is -0.0417. The van der Waals surface area contributed by atoms with Gasteiger partial charge in [-0.3, -0.25) is 0 Å². The molecule has 0 spiro atoms. The van der Waals surface area contributed by atoms with Crippen LogP contribution in [0, 0.1) is 17.3 Å². The van der Waals surface area contributed by atoms with E-state index in [4.69, 9.17) is 27.9 Å². The number of rotatable bonds is 5. The SMILES string of the molecule is C[C@]12CCC3c4ccc(O)cc4[C@H](OC(=O)N(CCCl)CCCl)CC3C1CC[C@@H]2O. The number of phenolic OH excluding ortho intramolecular Hbond substituents is 1. The first-order valence-corrected chi connectivity index (χ1v) is 12.0. The van der Waals surface area contributed by atoms with Crippen LogP contribution in [0.1, 0.15) is 62.2 Å². The molecule has 4 rings (SSSR count). The highest BCUT2D eigenvalue weighted by Gasteiger charge is 2.55. The van der Waals surface area contributed by atoms with E-state index in [9.17, 15) is 15.0 Å². The van der Waals surface area contributed by atoms with Crippen molar-refractivity contribution in [1.82, 2.24) is 4.90 Å². The van der Waals surface area contributed by atoms with Crippen LogP contribution < -0.4 is 0 Å². The van der Waals surface area contributed by atoms with Crippen molar-refractivity contribution in [3.63, 3.8) is 0 Å². The van der Waals surface area contributed by atoms with Gasteiger partial charge in [0.25, 0.3) is 0 Å². The molecule has 1 aromatic rings. The minimum absolute atomic E-state index is 0.0621. The molecule has 2 N–H and O–H groups in total. The Morgan fingerprint density at radius 3 is 2.63 bits per heavy atom. The summed E-state index contributed by atoms with van der Waals surface area (Å²) in [6.45, 7) is 2.99. The molecule has 3 unspecified atom stereocenters. The Kier molecular flexibility index (Phi) is 6.43. The highest BCUT2D eigenvalue weighted by atomic mass is 35.5. The monoisotopic (exact) mass is 455 g/mol. The number of carbonyl (C=O) groups is 1. The Hall–Kier alpha value is -1.17. The van der Waals surface area contributed by atoms with Gasteiger partial charge >= 0.3 is 6.09 Å². The molecule has 0 saturated heterocycles. The molecule has 2 fully saturated rings. The number of alkyl halides is 2. The topological polar surface area (TPSA) is 70.0 Å². The molecule has 3 aliphatic rings. The summed E-state index contributed by atoms with van der Waals surface area (Å²) >= 11 is 11.7. The molecule has 30 heavy (non-hydrogen) atoms. The lowest BCUT2D eigenvalue weighted by Gasteiger charge is -2.51.